The van der Waals surface area contributed by atoms with Crippen LogP contribution >= 0.6 is 11.3 Å². The molecule has 0 aliphatic rings. The molecule has 0 saturated heterocycles. The number of carboxylic acids is 1. The minimum absolute atomic E-state index is 0.0119. The third-order valence-electron chi connectivity index (χ3n) is 7.66. The zero-order valence-electron chi connectivity index (χ0n) is 25.4. The molecule has 0 saturated carbocycles. The van der Waals surface area contributed by atoms with Crippen LogP contribution in [0.25, 0.3) is 0 Å². The number of carboxylic acid groups (broad SMARTS) is 1. The summed E-state index contributed by atoms with van der Waals surface area (Å²) in [6.45, 7) is 13.4. The van der Waals surface area contributed by atoms with E-state index in [0.717, 1.165) is 18.4 Å². The first-order valence-corrected chi connectivity index (χ1v) is 17.4. The molecule has 0 fully saturated rings. The second kappa shape index (κ2) is 13.6. The molecule has 0 aliphatic carbocycles. The molecule has 0 radical (unpaired) electrons. The Morgan fingerprint density at radius 3 is 2.20 bits per heavy atom. The maximum absolute atomic E-state index is 13.9. The van der Waals surface area contributed by atoms with Crippen molar-refractivity contribution in [3.8, 4) is 11.5 Å². The first-order chi connectivity index (χ1) is 19.3. The monoisotopic (exact) mass is 598 g/mol. The van der Waals surface area contributed by atoms with Gasteiger partial charge in [-0.3, -0.25) is 4.79 Å². The molecular weight excluding hydrogens is 557 g/mol. The molecular formula is C31H42N2O6SSi. The number of hydrogen-bond donors (Lipinski definition) is 1. The van der Waals surface area contributed by atoms with Crippen molar-refractivity contribution in [1.29, 1.82) is 0 Å². The van der Waals surface area contributed by atoms with Gasteiger partial charge in [0.25, 0.3) is 5.91 Å². The summed E-state index contributed by atoms with van der Waals surface area (Å²) in [5, 5.41) is 10.4. The number of methoxy groups -OCH3 is 2. The Kier molecular flexibility index (Phi) is 10.7. The van der Waals surface area contributed by atoms with Crippen LogP contribution in [0.1, 0.15) is 69.1 Å². The molecule has 1 heterocycles. The van der Waals surface area contributed by atoms with Gasteiger partial charge in [0.15, 0.2) is 14.0 Å². The van der Waals surface area contributed by atoms with Gasteiger partial charge in [0.2, 0.25) is 0 Å². The first-order valence-electron chi connectivity index (χ1n) is 13.7. The van der Waals surface area contributed by atoms with Crippen molar-refractivity contribution in [1.82, 2.24) is 9.88 Å². The molecule has 1 amide bonds. The van der Waals surface area contributed by atoms with E-state index in [0.29, 0.717) is 33.5 Å². The largest absolute Gasteiger partial charge is 0.496 e. The fraction of sp³-hybridized carbons (Fsp3) is 0.452. The first kappa shape index (κ1) is 32.3. The maximum Gasteiger partial charge on any atom is 0.355 e. The zero-order chi connectivity index (χ0) is 30.4. The van der Waals surface area contributed by atoms with E-state index >= 15 is 0 Å². The molecule has 1 aromatic heterocycles. The van der Waals surface area contributed by atoms with Crippen LogP contribution in [0.4, 0.5) is 0 Å². The number of benzene rings is 2. The zero-order valence-corrected chi connectivity index (χ0v) is 27.2. The molecule has 0 aliphatic heterocycles. The summed E-state index contributed by atoms with van der Waals surface area (Å²) < 4.78 is 17.3. The van der Waals surface area contributed by atoms with E-state index in [1.54, 1.807) is 31.3 Å². The van der Waals surface area contributed by atoms with Gasteiger partial charge in [-0.05, 0) is 55.6 Å². The van der Waals surface area contributed by atoms with Crippen molar-refractivity contribution in [2.75, 3.05) is 20.8 Å². The number of carbonyl (C=O) groups excluding carboxylic acids is 1. The number of carbonyl (C=O) groups is 2. The van der Waals surface area contributed by atoms with Gasteiger partial charge in [0, 0.05) is 17.7 Å². The van der Waals surface area contributed by atoms with Crippen molar-refractivity contribution in [3.05, 3.63) is 74.7 Å². The standard InChI is InChI=1S/C31H42N2O6SSi/c1-21-24(37-5)17-23(18-25(21)38-6)29(34)33(16-12-15-22-13-10-9-11-14-22)19-27-32-28(30(35)36)26(40-27)20-39-41(7,8)31(2,3)4/h9-11,13-14,17-18H,12,15-16,19-20H2,1-8H3,(H,35,36). The number of hydrogen-bond acceptors (Lipinski definition) is 7. The summed E-state index contributed by atoms with van der Waals surface area (Å²) in [7, 11) is 1.01. The highest BCUT2D eigenvalue weighted by Gasteiger charge is 2.37. The van der Waals surface area contributed by atoms with Crippen LogP contribution in [-0.4, -0.2) is 55.9 Å². The molecule has 2 aromatic carbocycles. The predicted octanol–water partition coefficient (Wildman–Crippen LogP) is 6.96. The number of aromatic nitrogens is 1. The van der Waals surface area contributed by atoms with E-state index in [1.165, 1.54) is 16.9 Å². The van der Waals surface area contributed by atoms with E-state index in [-0.39, 0.29) is 29.8 Å². The summed E-state index contributed by atoms with van der Waals surface area (Å²) in [6.07, 6.45) is 1.53. The Morgan fingerprint density at radius 1 is 1.05 bits per heavy atom. The number of ether oxygens (including phenoxy) is 2. The molecule has 41 heavy (non-hydrogen) atoms. The second-order valence-electron chi connectivity index (χ2n) is 11.6. The lowest BCUT2D eigenvalue weighted by Crippen LogP contribution is -2.40. The smallest absolute Gasteiger partial charge is 0.355 e. The maximum atomic E-state index is 13.9. The third-order valence-corrected chi connectivity index (χ3v) is 13.2. The highest BCUT2D eigenvalue weighted by Crippen LogP contribution is 2.38. The fourth-order valence-electron chi connectivity index (χ4n) is 4.12. The lowest BCUT2D eigenvalue weighted by Gasteiger charge is -2.36. The van der Waals surface area contributed by atoms with Gasteiger partial charge in [-0.2, -0.15) is 0 Å². The lowest BCUT2D eigenvalue weighted by molar-refractivity contribution is 0.0688. The summed E-state index contributed by atoms with van der Waals surface area (Å²) in [4.78, 5) is 32.7. The van der Waals surface area contributed by atoms with Crippen LogP contribution in [0.5, 0.6) is 11.5 Å². The molecule has 8 nitrogen and oxygen atoms in total. The summed E-state index contributed by atoms with van der Waals surface area (Å²) in [5.74, 6) is -0.189. The minimum atomic E-state index is -2.11. The third kappa shape index (κ3) is 8.18. The van der Waals surface area contributed by atoms with Crippen molar-refractivity contribution < 1.29 is 28.6 Å². The molecule has 0 bridgehead atoms. The average Bonchev–Trinajstić information content (AvgIpc) is 3.34. The summed E-state index contributed by atoms with van der Waals surface area (Å²) >= 11 is 1.29. The van der Waals surface area contributed by atoms with Crippen molar-refractivity contribution in [3.63, 3.8) is 0 Å². The predicted molar refractivity (Wildman–Crippen MR) is 165 cm³/mol. The van der Waals surface area contributed by atoms with Gasteiger partial charge < -0.3 is 23.9 Å². The second-order valence-corrected chi connectivity index (χ2v) is 17.5. The Labute approximate surface area is 248 Å². The van der Waals surface area contributed by atoms with E-state index in [9.17, 15) is 14.7 Å². The van der Waals surface area contributed by atoms with Gasteiger partial charge in [-0.25, -0.2) is 9.78 Å². The quantitative estimate of drug-likeness (QED) is 0.212. The Morgan fingerprint density at radius 2 is 1.66 bits per heavy atom. The highest BCUT2D eigenvalue weighted by atomic mass is 32.1. The van der Waals surface area contributed by atoms with Crippen molar-refractivity contribution in [2.24, 2.45) is 0 Å². The Hall–Kier alpha value is -3.21. The van der Waals surface area contributed by atoms with E-state index < -0.39 is 14.3 Å². The Bertz CT molecular complexity index is 1330. The molecule has 3 aromatic rings. The van der Waals surface area contributed by atoms with Gasteiger partial charge >= 0.3 is 5.97 Å². The topological polar surface area (TPSA) is 98.2 Å². The van der Waals surface area contributed by atoms with Gasteiger partial charge in [0.1, 0.15) is 16.5 Å². The Balaban J connectivity index is 1.91. The number of aryl methyl sites for hydroxylation is 1. The molecule has 0 unspecified atom stereocenters. The van der Waals surface area contributed by atoms with Crippen LogP contribution in [0.3, 0.4) is 0 Å². The van der Waals surface area contributed by atoms with Gasteiger partial charge in [0.05, 0.1) is 32.2 Å². The van der Waals surface area contributed by atoms with E-state index in [4.69, 9.17) is 13.9 Å². The van der Waals surface area contributed by atoms with E-state index in [1.807, 2.05) is 25.1 Å². The van der Waals surface area contributed by atoms with E-state index in [2.05, 4.69) is 51.0 Å². The van der Waals surface area contributed by atoms with Crippen molar-refractivity contribution in [2.45, 2.75) is 71.8 Å². The van der Waals surface area contributed by atoms with Crippen molar-refractivity contribution >= 4 is 31.5 Å². The SMILES string of the molecule is COc1cc(C(=O)N(CCCc2ccccc2)Cc2nc(C(=O)O)c(CO[Si](C)(C)C(C)(C)C)s2)cc(OC)c1C. The average molecular weight is 599 g/mol. The van der Waals surface area contributed by atoms with Crippen LogP contribution < -0.4 is 9.47 Å². The number of aromatic carboxylic acids is 1. The normalized spacial score (nSPS) is 11.8. The molecule has 222 valence electrons. The number of thiazole rings is 1. The van der Waals surface area contributed by atoms with Gasteiger partial charge in [-0.15, -0.1) is 11.3 Å². The molecule has 1 N–H and O–H groups in total. The summed E-state index contributed by atoms with van der Waals surface area (Å²) in [5.41, 5.74) is 2.41. The molecule has 0 spiro atoms. The van der Waals surface area contributed by atoms with Crippen LogP contribution in [0.15, 0.2) is 42.5 Å². The lowest BCUT2D eigenvalue weighted by atomic mass is 10.1. The fourth-order valence-corrected chi connectivity index (χ4v) is 6.15. The van der Waals surface area contributed by atoms with Crippen LogP contribution in [0.2, 0.25) is 18.1 Å². The minimum Gasteiger partial charge on any atom is -0.496 e. The van der Waals surface area contributed by atoms with Crippen LogP contribution in [0, 0.1) is 6.92 Å². The molecule has 3 rings (SSSR count). The molecule has 0 atom stereocenters. The highest BCUT2D eigenvalue weighted by molar-refractivity contribution is 7.11. The number of nitrogens with zero attached hydrogens (tertiary/aromatic N) is 2. The molecule has 10 heteroatoms. The number of rotatable bonds is 13. The summed E-state index contributed by atoms with van der Waals surface area (Å²) in [6, 6.07) is 13.5. The number of amides is 1. The van der Waals surface area contributed by atoms with Gasteiger partial charge in [-0.1, -0.05) is 51.1 Å². The van der Waals surface area contributed by atoms with Crippen LogP contribution in [-0.2, 0) is 24.0 Å².